The van der Waals surface area contributed by atoms with E-state index in [1.54, 1.807) is 25.5 Å². The molecule has 0 unspecified atom stereocenters. The molecule has 1 amide bonds. The molecule has 192 valence electrons. The maximum Gasteiger partial charge on any atom is 0.416 e. The van der Waals surface area contributed by atoms with Crippen molar-refractivity contribution in [3.05, 3.63) is 72.2 Å². The largest absolute Gasteiger partial charge is 0.416 e. The normalized spacial score (nSPS) is 15.4. The summed E-state index contributed by atoms with van der Waals surface area (Å²) in [6.07, 6.45) is 1.96. The number of halogens is 3. The number of amides is 1. The third-order valence-corrected chi connectivity index (χ3v) is 6.42. The molecule has 9 nitrogen and oxygen atoms in total. The number of nitrogens with one attached hydrogen (secondary N) is 2. The number of benzene rings is 1. The fraction of sp³-hybridized carbons (Fsp3) is 0.320. The Bertz CT molecular complexity index is 1400. The molecule has 37 heavy (non-hydrogen) atoms. The number of anilines is 2. The maximum atomic E-state index is 12.9. The molecule has 0 saturated carbocycles. The quantitative estimate of drug-likeness (QED) is 0.381. The Labute approximate surface area is 210 Å². The zero-order valence-electron chi connectivity index (χ0n) is 20.2. The lowest BCUT2D eigenvalue weighted by Crippen LogP contribution is -2.47. The van der Waals surface area contributed by atoms with Crippen LogP contribution in [0.3, 0.4) is 0 Å². The van der Waals surface area contributed by atoms with Crippen LogP contribution in [0, 0.1) is 0 Å². The van der Waals surface area contributed by atoms with Crippen LogP contribution in [-0.4, -0.2) is 54.9 Å². The van der Waals surface area contributed by atoms with Gasteiger partial charge in [0.2, 0.25) is 0 Å². The van der Waals surface area contributed by atoms with Gasteiger partial charge in [0.1, 0.15) is 17.0 Å². The molecule has 4 aromatic rings. The van der Waals surface area contributed by atoms with Gasteiger partial charge in [-0.25, -0.2) is 15.0 Å². The predicted molar refractivity (Wildman–Crippen MR) is 131 cm³/mol. The molecule has 1 aromatic carbocycles. The van der Waals surface area contributed by atoms with Crippen LogP contribution in [0.25, 0.3) is 11.0 Å². The van der Waals surface area contributed by atoms with E-state index in [-0.39, 0.29) is 11.6 Å². The lowest BCUT2D eigenvalue weighted by Gasteiger charge is -2.39. The molecule has 0 spiro atoms. The standard InChI is InChI=1S/C25H25F3N8O/c1-3-35-12-18(13-35)36-14-32-21-10-29-19(8-22(21)36)24(37)33-15(2)20-9-31-23(11-30-20)34-17-6-4-16(5-7-17)25(26,27)28/h4-11,14-15,18H,3,12-13H2,1-2H3,(H,31,34)(H,33,37)/t15-/m1/s1. The van der Waals surface area contributed by atoms with Crippen LogP contribution >= 0.6 is 0 Å². The third-order valence-electron chi connectivity index (χ3n) is 6.42. The van der Waals surface area contributed by atoms with Gasteiger partial charge in [-0.05, 0) is 43.8 Å². The van der Waals surface area contributed by atoms with Gasteiger partial charge in [0.25, 0.3) is 5.91 Å². The van der Waals surface area contributed by atoms with Crippen molar-refractivity contribution in [3.63, 3.8) is 0 Å². The highest BCUT2D eigenvalue weighted by molar-refractivity contribution is 5.95. The predicted octanol–water partition coefficient (Wildman–Crippen LogP) is 4.35. The fourth-order valence-electron chi connectivity index (χ4n) is 4.18. The van der Waals surface area contributed by atoms with Crippen LogP contribution in [-0.2, 0) is 6.18 Å². The second kappa shape index (κ2) is 9.77. The average molecular weight is 511 g/mol. The highest BCUT2D eigenvalue weighted by atomic mass is 19.4. The molecule has 3 aromatic heterocycles. The average Bonchev–Trinajstić information content (AvgIpc) is 3.26. The molecule has 4 heterocycles. The van der Waals surface area contributed by atoms with E-state index in [0.717, 1.165) is 42.8 Å². The number of carbonyl (C=O) groups is 1. The Balaban J connectivity index is 1.22. The minimum atomic E-state index is -4.39. The Kier molecular flexibility index (Phi) is 6.50. The van der Waals surface area contributed by atoms with E-state index >= 15 is 0 Å². The van der Waals surface area contributed by atoms with Gasteiger partial charge >= 0.3 is 6.18 Å². The first kappa shape index (κ1) is 24.6. The number of rotatable bonds is 7. The summed E-state index contributed by atoms with van der Waals surface area (Å²) in [5.41, 5.74) is 2.12. The fourth-order valence-corrected chi connectivity index (χ4v) is 4.18. The molecule has 1 aliphatic heterocycles. The van der Waals surface area contributed by atoms with Gasteiger partial charge in [-0.3, -0.25) is 14.7 Å². The summed E-state index contributed by atoms with van der Waals surface area (Å²) in [5, 5.41) is 5.79. The summed E-state index contributed by atoms with van der Waals surface area (Å²) in [4.78, 5) is 32.5. The summed E-state index contributed by atoms with van der Waals surface area (Å²) in [6, 6.07) is 6.25. The van der Waals surface area contributed by atoms with E-state index in [2.05, 4.69) is 47.0 Å². The highest BCUT2D eigenvalue weighted by Crippen LogP contribution is 2.30. The second-order valence-electron chi connectivity index (χ2n) is 8.94. The zero-order valence-corrected chi connectivity index (χ0v) is 20.2. The summed E-state index contributed by atoms with van der Waals surface area (Å²) in [7, 11) is 0. The van der Waals surface area contributed by atoms with Gasteiger partial charge in [-0.2, -0.15) is 13.2 Å². The molecule has 0 aliphatic carbocycles. The van der Waals surface area contributed by atoms with Crippen molar-refractivity contribution in [1.29, 1.82) is 0 Å². The van der Waals surface area contributed by atoms with Crippen LogP contribution in [0.1, 0.15) is 47.7 Å². The van der Waals surface area contributed by atoms with Gasteiger partial charge in [-0.15, -0.1) is 0 Å². The zero-order chi connectivity index (χ0) is 26.2. The van der Waals surface area contributed by atoms with Crippen LogP contribution in [0.15, 0.2) is 55.2 Å². The number of likely N-dealkylation sites (N-methyl/N-ethyl adjacent to an activating group) is 1. The van der Waals surface area contributed by atoms with Crippen molar-refractivity contribution in [2.24, 2.45) is 0 Å². The summed E-state index contributed by atoms with van der Waals surface area (Å²) in [5.74, 6) is 0.0137. The van der Waals surface area contributed by atoms with Crippen molar-refractivity contribution >= 4 is 28.4 Å². The summed E-state index contributed by atoms with van der Waals surface area (Å²) in [6.45, 7) is 6.81. The van der Waals surface area contributed by atoms with Crippen molar-refractivity contribution in [2.75, 3.05) is 25.0 Å². The van der Waals surface area contributed by atoms with Gasteiger partial charge < -0.3 is 15.2 Å². The minimum absolute atomic E-state index is 0.279. The van der Waals surface area contributed by atoms with Gasteiger partial charge in [0, 0.05) is 18.8 Å². The van der Waals surface area contributed by atoms with Crippen molar-refractivity contribution in [2.45, 2.75) is 32.1 Å². The SMILES string of the molecule is CCN1CC(n2cnc3cnc(C(=O)N[C@H](C)c4cnc(Nc5ccc(C(F)(F)F)cc5)cn4)cc32)C1. The molecule has 12 heteroatoms. The number of aromatic nitrogens is 5. The Morgan fingerprint density at radius 2 is 1.84 bits per heavy atom. The number of fused-ring (bicyclic) bond motifs is 1. The van der Waals surface area contributed by atoms with Crippen LogP contribution in [0.5, 0.6) is 0 Å². The van der Waals surface area contributed by atoms with E-state index < -0.39 is 17.8 Å². The lowest BCUT2D eigenvalue weighted by molar-refractivity contribution is -0.137. The van der Waals surface area contributed by atoms with Crippen molar-refractivity contribution in [3.8, 4) is 0 Å². The number of pyridine rings is 1. The number of likely N-dealkylation sites (tertiary alicyclic amines) is 1. The molecule has 2 N–H and O–H groups in total. The number of hydrogen-bond acceptors (Lipinski definition) is 7. The molecular weight excluding hydrogens is 485 g/mol. The van der Waals surface area contributed by atoms with Crippen molar-refractivity contribution < 1.29 is 18.0 Å². The smallest absolute Gasteiger partial charge is 0.343 e. The molecule has 1 fully saturated rings. The van der Waals surface area contributed by atoms with E-state index in [9.17, 15) is 18.0 Å². The Hall–Kier alpha value is -4.06. The molecule has 0 radical (unpaired) electrons. The van der Waals surface area contributed by atoms with Crippen molar-refractivity contribution in [1.82, 2.24) is 34.7 Å². The number of alkyl halides is 3. The molecule has 5 rings (SSSR count). The van der Waals surface area contributed by atoms with E-state index in [4.69, 9.17) is 0 Å². The van der Waals surface area contributed by atoms with Crippen LogP contribution in [0.2, 0.25) is 0 Å². The molecule has 1 saturated heterocycles. The van der Waals surface area contributed by atoms with E-state index in [1.165, 1.54) is 24.5 Å². The highest BCUT2D eigenvalue weighted by Gasteiger charge is 2.30. The lowest BCUT2D eigenvalue weighted by atomic mass is 10.1. The molecule has 1 aliphatic rings. The topological polar surface area (TPSA) is 101 Å². The van der Waals surface area contributed by atoms with E-state index in [0.29, 0.717) is 23.2 Å². The maximum absolute atomic E-state index is 12.9. The third kappa shape index (κ3) is 5.24. The molecular formula is C25H25F3N8O. The summed E-state index contributed by atoms with van der Waals surface area (Å²) < 4.78 is 40.3. The molecule has 1 atom stereocenters. The van der Waals surface area contributed by atoms with E-state index in [1.807, 2.05) is 0 Å². The summed E-state index contributed by atoms with van der Waals surface area (Å²) >= 11 is 0. The number of nitrogens with zero attached hydrogens (tertiary/aromatic N) is 6. The first-order valence-electron chi connectivity index (χ1n) is 11.8. The Morgan fingerprint density at radius 1 is 1.08 bits per heavy atom. The van der Waals surface area contributed by atoms with Gasteiger partial charge in [0.05, 0.1) is 53.8 Å². The number of imidazole rings is 1. The monoisotopic (exact) mass is 510 g/mol. The minimum Gasteiger partial charge on any atom is -0.343 e. The second-order valence-corrected chi connectivity index (χ2v) is 8.94. The molecule has 0 bridgehead atoms. The Morgan fingerprint density at radius 3 is 2.49 bits per heavy atom. The number of hydrogen-bond donors (Lipinski definition) is 2. The van der Waals surface area contributed by atoms with Gasteiger partial charge in [0.15, 0.2) is 0 Å². The van der Waals surface area contributed by atoms with Crippen LogP contribution < -0.4 is 10.6 Å². The van der Waals surface area contributed by atoms with Gasteiger partial charge in [-0.1, -0.05) is 6.92 Å². The first-order valence-corrected chi connectivity index (χ1v) is 11.8. The number of carbonyl (C=O) groups excluding carboxylic acids is 1. The van der Waals surface area contributed by atoms with Crippen LogP contribution in [0.4, 0.5) is 24.7 Å². The first-order chi connectivity index (χ1) is 17.7.